The number of aromatic nitrogens is 2. The van der Waals surface area contributed by atoms with Crippen LogP contribution >= 0.6 is 0 Å². The SMILES string of the molecule is Cc1ccc(C)c(Nc2nccc(N3CCN(c4ccccc4F)CC3)n2)c1. The van der Waals surface area contributed by atoms with Crippen molar-refractivity contribution >= 4 is 23.1 Å². The Labute approximate surface area is 164 Å². The number of piperazine rings is 1. The Bertz CT molecular complexity index is 967. The number of nitrogens with zero attached hydrogens (tertiary/aromatic N) is 4. The molecule has 1 saturated heterocycles. The third-order valence-corrected chi connectivity index (χ3v) is 5.08. The third kappa shape index (κ3) is 3.91. The molecule has 1 aromatic heterocycles. The van der Waals surface area contributed by atoms with Gasteiger partial charge in [0, 0.05) is 38.1 Å². The lowest BCUT2D eigenvalue weighted by Crippen LogP contribution is -2.47. The second kappa shape index (κ2) is 7.84. The van der Waals surface area contributed by atoms with Gasteiger partial charge in [-0.25, -0.2) is 9.37 Å². The molecule has 144 valence electrons. The van der Waals surface area contributed by atoms with Crippen LogP contribution < -0.4 is 15.1 Å². The first kappa shape index (κ1) is 18.2. The van der Waals surface area contributed by atoms with Gasteiger partial charge in [-0.1, -0.05) is 24.3 Å². The molecule has 0 atom stereocenters. The molecule has 0 spiro atoms. The van der Waals surface area contributed by atoms with E-state index in [9.17, 15) is 4.39 Å². The van der Waals surface area contributed by atoms with Gasteiger partial charge in [0.05, 0.1) is 5.69 Å². The first-order chi connectivity index (χ1) is 13.6. The summed E-state index contributed by atoms with van der Waals surface area (Å²) in [6.45, 7) is 7.21. The Kier molecular flexibility index (Phi) is 5.10. The second-order valence-corrected chi connectivity index (χ2v) is 7.11. The van der Waals surface area contributed by atoms with Gasteiger partial charge in [0.1, 0.15) is 11.6 Å². The minimum absolute atomic E-state index is 0.169. The molecule has 1 N–H and O–H groups in total. The van der Waals surface area contributed by atoms with Crippen molar-refractivity contribution in [2.45, 2.75) is 13.8 Å². The van der Waals surface area contributed by atoms with E-state index in [2.05, 4.69) is 57.1 Å². The van der Waals surface area contributed by atoms with Crippen LogP contribution in [0, 0.1) is 19.7 Å². The summed E-state index contributed by atoms with van der Waals surface area (Å²) in [5.74, 6) is 1.30. The van der Waals surface area contributed by atoms with Gasteiger partial charge >= 0.3 is 0 Å². The van der Waals surface area contributed by atoms with Crippen LogP contribution in [0.5, 0.6) is 0 Å². The molecule has 0 amide bonds. The molecule has 3 aromatic rings. The van der Waals surface area contributed by atoms with Crippen molar-refractivity contribution in [3.8, 4) is 0 Å². The van der Waals surface area contributed by atoms with E-state index in [0.717, 1.165) is 43.2 Å². The van der Waals surface area contributed by atoms with Crippen molar-refractivity contribution in [3.63, 3.8) is 0 Å². The van der Waals surface area contributed by atoms with Crippen LogP contribution in [0.15, 0.2) is 54.7 Å². The molecule has 0 saturated carbocycles. The Morgan fingerprint density at radius 2 is 1.68 bits per heavy atom. The summed E-state index contributed by atoms with van der Waals surface area (Å²) in [6.07, 6.45) is 1.78. The number of aryl methyl sites for hydroxylation is 2. The highest BCUT2D eigenvalue weighted by molar-refractivity contribution is 5.60. The van der Waals surface area contributed by atoms with Crippen molar-refractivity contribution < 1.29 is 4.39 Å². The van der Waals surface area contributed by atoms with Gasteiger partial charge < -0.3 is 15.1 Å². The Morgan fingerprint density at radius 3 is 2.46 bits per heavy atom. The number of hydrogen-bond donors (Lipinski definition) is 1. The van der Waals surface area contributed by atoms with Crippen LogP contribution in [-0.4, -0.2) is 36.1 Å². The first-order valence-electron chi connectivity index (χ1n) is 9.52. The summed E-state index contributed by atoms with van der Waals surface area (Å²) in [4.78, 5) is 13.4. The summed E-state index contributed by atoms with van der Waals surface area (Å²) < 4.78 is 14.0. The number of hydrogen-bond acceptors (Lipinski definition) is 5. The molecule has 6 heteroatoms. The van der Waals surface area contributed by atoms with Gasteiger partial charge in [0.25, 0.3) is 0 Å². The van der Waals surface area contributed by atoms with E-state index in [0.29, 0.717) is 11.6 Å². The van der Waals surface area contributed by atoms with Crippen molar-refractivity contribution in [1.82, 2.24) is 9.97 Å². The molecule has 2 heterocycles. The lowest BCUT2D eigenvalue weighted by Gasteiger charge is -2.36. The van der Waals surface area contributed by atoms with E-state index in [1.165, 1.54) is 11.6 Å². The molecule has 0 unspecified atom stereocenters. The number of halogens is 1. The molecule has 1 aliphatic rings. The molecule has 1 fully saturated rings. The maximum Gasteiger partial charge on any atom is 0.229 e. The zero-order chi connectivity index (χ0) is 19.5. The molecular weight excluding hydrogens is 353 g/mol. The van der Waals surface area contributed by atoms with Gasteiger partial charge in [-0.05, 0) is 49.2 Å². The standard InChI is InChI=1S/C22H24FN5/c1-16-7-8-17(2)19(15-16)25-22-24-10-9-21(26-22)28-13-11-27(12-14-28)20-6-4-3-5-18(20)23/h3-10,15H,11-14H2,1-2H3,(H,24,25,26). The van der Waals surface area contributed by atoms with Gasteiger partial charge in [-0.2, -0.15) is 4.98 Å². The van der Waals surface area contributed by atoms with Gasteiger partial charge in [-0.15, -0.1) is 0 Å². The minimum Gasteiger partial charge on any atom is -0.366 e. The minimum atomic E-state index is -0.169. The predicted molar refractivity (Wildman–Crippen MR) is 112 cm³/mol. The number of benzene rings is 2. The number of nitrogens with one attached hydrogen (secondary N) is 1. The Morgan fingerprint density at radius 1 is 0.929 bits per heavy atom. The smallest absolute Gasteiger partial charge is 0.229 e. The molecule has 4 rings (SSSR count). The third-order valence-electron chi connectivity index (χ3n) is 5.08. The van der Waals surface area contributed by atoms with Crippen LogP contribution in [-0.2, 0) is 0 Å². The van der Waals surface area contributed by atoms with Gasteiger partial charge in [-0.3, -0.25) is 0 Å². The van der Waals surface area contributed by atoms with Crippen LogP contribution in [0.2, 0.25) is 0 Å². The van der Waals surface area contributed by atoms with Crippen LogP contribution in [0.25, 0.3) is 0 Å². The number of anilines is 4. The summed E-state index contributed by atoms with van der Waals surface area (Å²) >= 11 is 0. The predicted octanol–water partition coefficient (Wildman–Crippen LogP) is 4.30. The summed E-state index contributed by atoms with van der Waals surface area (Å²) in [5.41, 5.74) is 4.02. The highest BCUT2D eigenvalue weighted by Crippen LogP contribution is 2.24. The zero-order valence-electron chi connectivity index (χ0n) is 16.2. The van der Waals surface area contributed by atoms with E-state index < -0.39 is 0 Å². The lowest BCUT2D eigenvalue weighted by molar-refractivity contribution is 0.596. The van der Waals surface area contributed by atoms with E-state index in [4.69, 9.17) is 0 Å². The zero-order valence-corrected chi connectivity index (χ0v) is 16.2. The fourth-order valence-corrected chi connectivity index (χ4v) is 3.46. The fraction of sp³-hybridized carbons (Fsp3) is 0.273. The topological polar surface area (TPSA) is 44.3 Å². The van der Waals surface area contributed by atoms with Crippen LogP contribution in [0.1, 0.15) is 11.1 Å². The summed E-state index contributed by atoms with van der Waals surface area (Å²) in [6, 6.07) is 15.1. The average molecular weight is 377 g/mol. The molecule has 2 aromatic carbocycles. The second-order valence-electron chi connectivity index (χ2n) is 7.11. The highest BCUT2D eigenvalue weighted by atomic mass is 19.1. The van der Waals surface area contributed by atoms with Crippen LogP contribution in [0.3, 0.4) is 0 Å². The van der Waals surface area contributed by atoms with E-state index in [1.54, 1.807) is 12.3 Å². The summed E-state index contributed by atoms with van der Waals surface area (Å²) in [5, 5.41) is 3.33. The van der Waals surface area contributed by atoms with Crippen molar-refractivity contribution in [1.29, 1.82) is 0 Å². The van der Waals surface area contributed by atoms with Gasteiger partial charge in [0.2, 0.25) is 5.95 Å². The maximum atomic E-state index is 14.0. The number of para-hydroxylation sites is 1. The lowest BCUT2D eigenvalue weighted by atomic mass is 10.1. The molecule has 28 heavy (non-hydrogen) atoms. The normalized spacial score (nSPS) is 14.2. The van der Waals surface area contributed by atoms with E-state index in [-0.39, 0.29) is 5.82 Å². The Hall–Kier alpha value is -3.15. The summed E-state index contributed by atoms with van der Waals surface area (Å²) in [7, 11) is 0. The average Bonchev–Trinajstić information content (AvgIpc) is 2.72. The van der Waals surface area contributed by atoms with Crippen LogP contribution in [0.4, 0.5) is 27.5 Å². The molecule has 5 nitrogen and oxygen atoms in total. The Balaban J connectivity index is 1.45. The van der Waals surface area contributed by atoms with Crippen molar-refractivity contribution in [3.05, 3.63) is 71.7 Å². The first-order valence-corrected chi connectivity index (χ1v) is 9.52. The largest absolute Gasteiger partial charge is 0.366 e. The fourth-order valence-electron chi connectivity index (χ4n) is 3.46. The monoisotopic (exact) mass is 377 g/mol. The van der Waals surface area contributed by atoms with E-state index >= 15 is 0 Å². The quantitative estimate of drug-likeness (QED) is 0.734. The maximum absolute atomic E-state index is 14.0. The molecule has 0 radical (unpaired) electrons. The molecule has 0 aliphatic carbocycles. The number of rotatable bonds is 4. The molecule has 1 aliphatic heterocycles. The van der Waals surface area contributed by atoms with Crippen molar-refractivity contribution in [2.24, 2.45) is 0 Å². The highest BCUT2D eigenvalue weighted by Gasteiger charge is 2.20. The molecular formula is C22H24FN5. The van der Waals surface area contributed by atoms with E-state index in [1.807, 2.05) is 18.2 Å². The molecule has 0 bridgehead atoms. The van der Waals surface area contributed by atoms with Crippen molar-refractivity contribution in [2.75, 3.05) is 41.3 Å². The van der Waals surface area contributed by atoms with Gasteiger partial charge in [0.15, 0.2) is 0 Å².